The van der Waals surface area contributed by atoms with Crippen molar-refractivity contribution in [3.8, 4) is 11.1 Å². The molecule has 4 nitrogen and oxygen atoms in total. The number of ether oxygens (including phenoxy) is 1. The highest BCUT2D eigenvalue weighted by atomic mass is 16.5. The first kappa shape index (κ1) is 14.7. The van der Waals surface area contributed by atoms with E-state index in [1.165, 1.54) is 0 Å². The first-order valence-electron chi connectivity index (χ1n) is 7.49. The Balaban J connectivity index is 1.82. The average molecular weight is 296 g/mol. The molecule has 1 atom stereocenters. The first-order chi connectivity index (χ1) is 10.6. The lowest BCUT2D eigenvalue weighted by Crippen LogP contribution is -2.36. The van der Waals surface area contributed by atoms with Gasteiger partial charge in [0.1, 0.15) is 0 Å². The summed E-state index contributed by atoms with van der Waals surface area (Å²) in [6.07, 6.45) is 4.30. The predicted octanol–water partition coefficient (Wildman–Crippen LogP) is 3.05. The third-order valence-corrected chi connectivity index (χ3v) is 3.91. The molecule has 0 radical (unpaired) electrons. The minimum Gasteiger partial charge on any atom is -0.373 e. The summed E-state index contributed by atoms with van der Waals surface area (Å²) in [4.78, 5) is 16.7. The Hall–Kier alpha value is -2.20. The smallest absolute Gasteiger partial charge is 0.252 e. The van der Waals surface area contributed by atoms with Gasteiger partial charge in [-0.3, -0.25) is 9.78 Å². The Morgan fingerprint density at radius 1 is 1.23 bits per heavy atom. The summed E-state index contributed by atoms with van der Waals surface area (Å²) < 4.78 is 5.68. The van der Waals surface area contributed by atoms with Crippen LogP contribution in [0.1, 0.15) is 30.6 Å². The highest BCUT2D eigenvalue weighted by Gasteiger charge is 2.33. The Kier molecular flexibility index (Phi) is 3.94. The van der Waals surface area contributed by atoms with Gasteiger partial charge in [-0.1, -0.05) is 18.2 Å². The molecule has 1 aromatic heterocycles. The number of benzene rings is 1. The molecule has 22 heavy (non-hydrogen) atoms. The Labute approximate surface area is 130 Å². The second-order valence-electron chi connectivity index (χ2n) is 6.23. The maximum absolute atomic E-state index is 12.6. The van der Waals surface area contributed by atoms with Crippen LogP contribution >= 0.6 is 0 Å². The zero-order valence-corrected chi connectivity index (χ0v) is 12.9. The summed E-state index contributed by atoms with van der Waals surface area (Å²) in [6.45, 7) is 4.66. The lowest BCUT2D eigenvalue weighted by molar-refractivity contribution is 0.0355. The fraction of sp³-hybridized carbons (Fsp3) is 0.333. The highest BCUT2D eigenvalue weighted by molar-refractivity contribution is 6.01. The molecule has 1 unspecified atom stereocenters. The second kappa shape index (κ2) is 5.89. The molecule has 0 aliphatic carbocycles. The molecule has 1 aliphatic rings. The van der Waals surface area contributed by atoms with E-state index in [-0.39, 0.29) is 17.6 Å². The minimum absolute atomic E-state index is 0.0567. The van der Waals surface area contributed by atoms with E-state index in [1.807, 2.05) is 50.2 Å². The fourth-order valence-electron chi connectivity index (χ4n) is 2.86. The van der Waals surface area contributed by atoms with Crippen molar-refractivity contribution >= 4 is 5.91 Å². The molecule has 1 amide bonds. The van der Waals surface area contributed by atoms with Crippen LogP contribution in [0.4, 0.5) is 0 Å². The zero-order chi connectivity index (χ0) is 15.6. The van der Waals surface area contributed by atoms with E-state index in [0.717, 1.165) is 17.5 Å². The van der Waals surface area contributed by atoms with Gasteiger partial charge < -0.3 is 10.1 Å². The van der Waals surface area contributed by atoms with Gasteiger partial charge in [0, 0.05) is 18.0 Å². The summed E-state index contributed by atoms with van der Waals surface area (Å²) in [5.74, 6) is -0.0567. The fourth-order valence-corrected chi connectivity index (χ4v) is 2.86. The number of rotatable bonds is 3. The molecule has 1 saturated heterocycles. The molecule has 1 N–H and O–H groups in total. The van der Waals surface area contributed by atoms with Crippen LogP contribution in [0.5, 0.6) is 0 Å². The van der Waals surface area contributed by atoms with Gasteiger partial charge in [-0.25, -0.2) is 0 Å². The predicted molar refractivity (Wildman–Crippen MR) is 85.6 cm³/mol. The van der Waals surface area contributed by atoms with Crippen molar-refractivity contribution in [2.45, 2.75) is 31.9 Å². The van der Waals surface area contributed by atoms with E-state index >= 15 is 0 Å². The number of hydrogen-bond acceptors (Lipinski definition) is 3. The van der Waals surface area contributed by atoms with Crippen molar-refractivity contribution in [3.63, 3.8) is 0 Å². The van der Waals surface area contributed by atoms with Gasteiger partial charge in [0.05, 0.1) is 18.2 Å². The molecular weight excluding hydrogens is 276 g/mol. The van der Waals surface area contributed by atoms with Gasteiger partial charge in [-0.2, -0.15) is 0 Å². The molecule has 2 heterocycles. The maximum atomic E-state index is 12.6. The molecule has 4 heteroatoms. The largest absolute Gasteiger partial charge is 0.373 e. The number of carbonyl (C=O) groups is 1. The third kappa shape index (κ3) is 3.17. The molecule has 3 rings (SSSR count). The molecule has 0 bridgehead atoms. The SMILES string of the molecule is CC1(C)CC(NC(=O)c2ccccc2-c2ccncc2)CO1. The molecule has 114 valence electrons. The molecule has 1 aliphatic heterocycles. The Morgan fingerprint density at radius 2 is 1.95 bits per heavy atom. The number of nitrogens with zero attached hydrogens (tertiary/aromatic N) is 1. The number of aromatic nitrogens is 1. The Morgan fingerprint density at radius 3 is 2.64 bits per heavy atom. The molecule has 1 aromatic carbocycles. The maximum Gasteiger partial charge on any atom is 0.252 e. The van der Waals surface area contributed by atoms with Gasteiger partial charge in [0.25, 0.3) is 5.91 Å². The van der Waals surface area contributed by atoms with E-state index in [9.17, 15) is 4.79 Å². The van der Waals surface area contributed by atoms with E-state index in [4.69, 9.17) is 4.74 Å². The lowest BCUT2D eigenvalue weighted by atomic mass is 9.99. The van der Waals surface area contributed by atoms with Crippen LogP contribution in [0.15, 0.2) is 48.8 Å². The number of nitrogens with one attached hydrogen (secondary N) is 1. The minimum atomic E-state index is -0.164. The average Bonchev–Trinajstić information content (AvgIpc) is 2.87. The van der Waals surface area contributed by atoms with Crippen LogP contribution in [0.2, 0.25) is 0 Å². The molecule has 1 fully saturated rings. The quantitative estimate of drug-likeness (QED) is 0.947. The van der Waals surface area contributed by atoms with Crippen LogP contribution < -0.4 is 5.32 Å². The van der Waals surface area contributed by atoms with Crippen molar-refractivity contribution in [1.82, 2.24) is 10.3 Å². The van der Waals surface area contributed by atoms with Crippen LogP contribution in [-0.4, -0.2) is 29.1 Å². The summed E-state index contributed by atoms with van der Waals surface area (Å²) >= 11 is 0. The molecule has 2 aromatic rings. The number of amides is 1. The zero-order valence-electron chi connectivity index (χ0n) is 12.9. The van der Waals surface area contributed by atoms with Crippen LogP contribution in [-0.2, 0) is 4.74 Å². The van der Waals surface area contributed by atoms with Gasteiger partial charge >= 0.3 is 0 Å². The summed E-state index contributed by atoms with van der Waals surface area (Å²) in [7, 11) is 0. The lowest BCUT2D eigenvalue weighted by Gasteiger charge is -2.16. The monoisotopic (exact) mass is 296 g/mol. The normalized spacial score (nSPS) is 19.8. The van der Waals surface area contributed by atoms with E-state index in [1.54, 1.807) is 12.4 Å². The van der Waals surface area contributed by atoms with Gasteiger partial charge in [-0.05, 0) is 49.6 Å². The standard InChI is InChI=1S/C18H20N2O2/c1-18(2)11-14(12-22-18)20-17(21)16-6-4-3-5-15(16)13-7-9-19-10-8-13/h3-10,14H,11-12H2,1-2H3,(H,20,21). The van der Waals surface area contributed by atoms with Gasteiger partial charge in [-0.15, -0.1) is 0 Å². The number of hydrogen-bond donors (Lipinski definition) is 1. The number of carbonyl (C=O) groups excluding carboxylic acids is 1. The first-order valence-corrected chi connectivity index (χ1v) is 7.49. The van der Waals surface area contributed by atoms with Crippen molar-refractivity contribution in [2.24, 2.45) is 0 Å². The molecule has 0 saturated carbocycles. The van der Waals surface area contributed by atoms with Crippen LogP contribution in [0.3, 0.4) is 0 Å². The summed E-state index contributed by atoms with van der Waals surface area (Å²) in [6, 6.07) is 11.5. The second-order valence-corrected chi connectivity index (χ2v) is 6.23. The molecule has 0 spiro atoms. The summed E-state index contributed by atoms with van der Waals surface area (Å²) in [5.41, 5.74) is 2.42. The number of pyridine rings is 1. The third-order valence-electron chi connectivity index (χ3n) is 3.91. The van der Waals surface area contributed by atoms with Crippen molar-refractivity contribution < 1.29 is 9.53 Å². The van der Waals surface area contributed by atoms with Crippen molar-refractivity contribution in [1.29, 1.82) is 0 Å². The summed E-state index contributed by atoms with van der Waals surface area (Å²) in [5, 5.41) is 3.08. The van der Waals surface area contributed by atoms with Gasteiger partial charge in [0.15, 0.2) is 0 Å². The van der Waals surface area contributed by atoms with Crippen molar-refractivity contribution in [3.05, 3.63) is 54.4 Å². The Bertz CT molecular complexity index is 668. The van der Waals surface area contributed by atoms with E-state index in [0.29, 0.717) is 12.2 Å². The van der Waals surface area contributed by atoms with E-state index < -0.39 is 0 Å². The van der Waals surface area contributed by atoms with Crippen LogP contribution in [0, 0.1) is 0 Å². The topological polar surface area (TPSA) is 51.2 Å². The van der Waals surface area contributed by atoms with Crippen LogP contribution in [0.25, 0.3) is 11.1 Å². The van der Waals surface area contributed by atoms with E-state index in [2.05, 4.69) is 10.3 Å². The van der Waals surface area contributed by atoms with Crippen molar-refractivity contribution in [2.75, 3.05) is 6.61 Å². The highest BCUT2D eigenvalue weighted by Crippen LogP contribution is 2.26. The molecular formula is C18H20N2O2. The van der Waals surface area contributed by atoms with Gasteiger partial charge in [0.2, 0.25) is 0 Å².